The van der Waals surface area contributed by atoms with E-state index in [4.69, 9.17) is 27.7 Å². The lowest BCUT2D eigenvalue weighted by atomic mass is 10.2. The SMILES string of the molecule is O=[N+]([O-])c1cc(Cl)c(Cl)cc1NCCc1ncno1. The van der Waals surface area contributed by atoms with Gasteiger partial charge in [0.1, 0.15) is 5.69 Å². The molecule has 0 amide bonds. The molecule has 1 N–H and O–H groups in total. The highest BCUT2D eigenvalue weighted by Crippen LogP contribution is 2.33. The van der Waals surface area contributed by atoms with Crippen LogP contribution in [0.1, 0.15) is 5.89 Å². The molecule has 2 aromatic rings. The highest BCUT2D eigenvalue weighted by molar-refractivity contribution is 6.42. The third kappa shape index (κ3) is 3.33. The van der Waals surface area contributed by atoms with E-state index in [1.807, 2.05) is 0 Å². The summed E-state index contributed by atoms with van der Waals surface area (Å²) in [7, 11) is 0. The van der Waals surface area contributed by atoms with E-state index < -0.39 is 4.92 Å². The van der Waals surface area contributed by atoms with Gasteiger partial charge in [0.15, 0.2) is 6.33 Å². The molecule has 0 saturated heterocycles. The molecule has 1 heterocycles. The Morgan fingerprint density at radius 3 is 2.74 bits per heavy atom. The van der Waals surface area contributed by atoms with E-state index in [1.54, 1.807) is 0 Å². The minimum absolute atomic E-state index is 0.135. The lowest BCUT2D eigenvalue weighted by Gasteiger charge is -2.07. The first-order chi connectivity index (χ1) is 9.08. The molecule has 1 aromatic heterocycles. The first kappa shape index (κ1) is 13.6. The summed E-state index contributed by atoms with van der Waals surface area (Å²) in [5.74, 6) is 0.440. The van der Waals surface area contributed by atoms with Crippen molar-refractivity contribution in [2.45, 2.75) is 6.42 Å². The van der Waals surface area contributed by atoms with Gasteiger partial charge in [-0.25, -0.2) is 0 Å². The van der Waals surface area contributed by atoms with Crippen molar-refractivity contribution in [2.75, 3.05) is 11.9 Å². The summed E-state index contributed by atoms with van der Waals surface area (Å²) in [4.78, 5) is 14.2. The number of nitrogens with zero attached hydrogens (tertiary/aromatic N) is 3. The Hall–Kier alpha value is -1.86. The van der Waals surface area contributed by atoms with E-state index in [1.165, 1.54) is 18.5 Å². The van der Waals surface area contributed by atoms with Crippen LogP contribution in [0.25, 0.3) is 0 Å². The summed E-state index contributed by atoms with van der Waals surface area (Å²) in [6.45, 7) is 0.390. The Balaban J connectivity index is 2.10. The highest BCUT2D eigenvalue weighted by Gasteiger charge is 2.16. The van der Waals surface area contributed by atoms with Crippen LogP contribution in [-0.4, -0.2) is 21.6 Å². The maximum absolute atomic E-state index is 10.9. The van der Waals surface area contributed by atoms with Crippen molar-refractivity contribution < 1.29 is 9.45 Å². The number of nitrogens with one attached hydrogen (secondary N) is 1. The zero-order valence-electron chi connectivity index (χ0n) is 9.47. The Bertz CT molecular complexity index is 589. The first-order valence-corrected chi connectivity index (χ1v) is 5.96. The molecule has 0 radical (unpaired) electrons. The maximum Gasteiger partial charge on any atom is 0.293 e. The van der Waals surface area contributed by atoms with Crippen molar-refractivity contribution in [3.8, 4) is 0 Å². The molecular formula is C10H8Cl2N4O3. The molecule has 0 spiro atoms. The van der Waals surface area contributed by atoms with Crippen LogP contribution in [0.4, 0.5) is 11.4 Å². The molecule has 0 unspecified atom stereocenters. The van der Waals surface area contributed by atoms with Gasteiger partial charge in [-0.2, -0.15) is 4.98 Å². The molecule has 19 heavy (non-hydrogen) atoms. The van der Waals surface area contributed by atoms with Gasteiger partial charge in [0.25, 0.3) is 5.69 Å². The lowest BCUT2D eigenvalue weighted by molar-refractivity contribution is -0.383. The van der Waals surface area contributed by atoms with Crippen LogP contribution in [-0.2, 0) is 6.42 Å². The van der Waals surface area contributed by atoms with Gasteiger partial charge in [-0.15, -0.1) is 0 Å². The topological polar surface area (TPSA) is 94.1 Å². The van der Waals surface area contributed by atoms with E-state index in [0.29, 0.717) is 24.5 Å². The monoisotopic (exact) mass is 302 g/mol. The fourth-order valence-corrected chi connectivity index (χ4v) is 1.76. The van der Waals surface area contributed by atoms with Crippen LogP contribution < -0.4 is 5.32 Å². The summed E-state index contributed by atoms with van der Waals surface area (Å²) in [5, 5.41) is 17.6. The number of hydrogen-bond donors (Lipinski definition) is 1. The van der Waals surface area contributed by atoms with Gasteiger partial charge in [0, 0.05) is 19.0 Å². The van der Waals surface area contributed by atoms with E-state index in [-0.39, 0.29) is 15.7 Å². The van der Waals surface area contributed by atoms with Crippen molar-refractivity contribution in [3.63, 3.8) is 0 Å². The van der Waals surface area contributed by atoms with Crippen molar-refractivity contribution >= 4 is 34.6 Å². The van der Waals surface area contributed by atoms with Crippen molar-refractivity contribution in [2.24, 2.45) is 0 Å². The van der Waals surface area contributed by atoms with Crippen LogP contribution in [0.5, 0.6) is 0 Å². The van der Waals surface area contributed by atoms with Gasteiger partial charge in [-0.3, -0.25) is 10.1 Å². The number of nitro groups is 1. The molecule has 0 aliphatic carbocycles. The van der Waals surface area contributed by atoms with Crippen molar-refractivity contribution in [3.05, 3.63) is 44.5 Å². The molecule has 9 heteroatoms. The number of halogens is 2. The van der Waals surface area contributed by atoms with E-state index >= 15 is 0 Å². The van der Waals surface area contributed by atoms with Crippen molar-refractivity contribution in [1.82, 2.24) is 10.1 Å². The summed E-state index contributed by atoms with van der Waals surface area (Å²) in [5.41, 5.74) is 0.152. The van der Waals surface area contributed by atoms with Crippen LogP contribution in [0.3, 0.4) is 0 Å². The molecule has 1 aromatic carbocycles. The molecule has 0 fully saturated rings. The second kappa shape index (κ2) is 5.85. The Morgan fingerprint density at radius 1 is 1.37 bits per heavy atom. The van der Waals surface area contributed by atoms with Gasteiger partial charge >= 0.3 is 0 Å². The Morgan fingerprint density at radius 2 is 2.11 bits per heavy atom. The number of nitro benzene ring substituents is 1. The predicted molar refractivity (Wildman–Crippen MR) is 69.6 cm³/mol. The smallest absolute Gasteiger partial charge is 0.293 e. The molecule has 0 bridgehead atoms. The average Bonchev–Trinajstić information content (AvgIpc) is 2.86. The van der Waals surface area contributed by atoms with Crippen LogP contribution in [0, 0.1) is 10.1 Å². The predicted octanol–water partition coefficient (Wildman–Crippen LogP) is 2.94. The van der Waals surface area contributed by atoms with E-state index in [9.17, 15) is 10.1 Å². The Kier molecular flexibility index (Phi) is 4.18. The molecule has 0 aliphatic heterocycles. The highest BCUT2D eigenvalue weighted by atomic mass is 35.5. The minimum atomic E-state index is -0.531. The number of aromatic nitrogens is 2. The van der Waals surface area contributed by atoms with Crippen LogP contribution in [0.15, 0.2) is 23.0 Å². The Labute approximate surface area is 117 Å². The third-order valence-corrected chi connectivity index (χ3v) is 3.02. The van der Waals surface area contributed by atoms with Crippen LogP contribution >= 0.6 is 23.2 Å². The number of anilines is 1. The van der Waals surface area contributed by atoms with Crippen molar-refractivity contribution in [1.29, 1.82) is 0 Å². The molecule has 0 aliphatic rings. The standard InChI is InChI=1S/C10H8Cl2N4O3/c11-6-3-8(9(16(17)18)4-7(6)12)13-2-1-10-14-5-15-19-10/h3-5,13H,1-2H2. The van der Waals surface area contributed by atoms with Crippen LogP contribution in [0.2, 0.25) is 10.0 Å². The number of hydrogen-bond acceptors (Lipinski definition) is 6. The van der Waals surface area contributed by atoms with Gasteiger partial charge in [0.2, 0.25) is 5.89 Å². The first-order valence-electron chi connectivity index (χ1n) is 5.21. The summed E-state index contributed by atoms with van der Waals surface area (Å²) in [6, 6.07) is 2.62. The van der Waals surface area contributed by atoms with Gasteiger partial charge in [-0.05, 0) is 6.07 Å². The second-order valence-corrected chi connectivity index (χ2v) is 4.37. The van der Waals surface area contributed by atoms with Gasteiger partial charge in [-0.1, -0.05) is 28.4 Å². The fourth-order valence-electron chi connectivity index (χ4n) is 1.44. The normalized spacial score (nSPS) is 10.4. The number of rotatable bonds is 5. The number of benzene rings is 1. The molecule has 2 rings (SSSR count). The van der Waals surface area contributed by atoms with Gasteiger partial charge in [0.05, 0.1) is 15.0 Å². The second-order valence-electron chi connectivity index (χ2n) is 3.55. The van der Waals surface area contributed by atoms with Gasteiger partial charge < -0.3 is 9.84 Å². The minimum Gasteiger partial charge on any atom is -0.379 e. The molecule has 0 atom stereocenters. The lowest BCUT2D eigenvalue weighted by Crippen LogP contribution is -2.07. The molecule has 0 saturated carbocycles. The summed E-state index contributed by atoms with van der Waals surface area (Å²) >= 11 is 11.6. The third-order valence-electron chi connectivity index (χ3n) is 2.30. The summed E-state index contributed by atoms with van der Waals surface area (Å²) in [6.07, 6.45) is 1.73. The zero-order valence-corrected chi connectivity index (χ0v) is 11.0. The quantitative estimate of drug-likeness (QED) is 0.674. The maximum atomic E-state index is 10.9. The zero-order chi connectivity index (χ0) is 13.8. The molecule has 7 nitrogen and oxygen atoms in total. The fraction of sp³-hybridized carbons (Fsp3) is 0.200. The molecule has 100 valence electrons. The largest absolute Gasteiger partial charge is 0.379 e. The average molecular weight is 303 g/mol. The van der Waals surface area contributed by atoms with E-state index in [2.05, 4.69) is 15.5 Å². The summed E-state index contributed by atoms with van der Waals surface area (Å²) < 4.78 is 4.81. The van der Waals surface area contributed by atoms with E-state index in [0.717, 1.165) is 0 Å². The molecular weight excluding hydrogens is 295 g/mol.